The Kier molecular flexibility index (Phi) is 8.72. The van der Waals surface area contributed by atoms with E-state index < -0.39 is 58.9 Å². The van der Waals surface area contributed by atoms with Gasteiger partial charge in [-0.15, -0.1) is 4.90 Å². The molecule has 2 amide bonds. The number of aliphatic imine (C=N–C) groups is 1. The van der Waals surface area contributed by atoms with Crippen LogP contribution in [0.1, 0.15) is 69.2 Å². The van der Waals surface area contributed by atoms with Gasteiger partial charge in [-0.2, -0.15) is 9.97 Å². The van der Waals surface area contributed by atoms with Gasteiger partial charge in [0.15, 0.2) is 11.5 Å². The van der Waals surface area contributed by atoms with Crippen LogP contribution in [0.15, 0.2) is 4.99 Å². The average molecular weight is 538 g/mol. The number of carbonyl (C=O) groups is 4. The zero-order valence-corrected chi connectivity index (χ0v) is 23.3. The van der Waals surface area contributed by atoms with Crippen molar-refractivity contribution < 1.29 is 43.2 Å². The van der Waals surface area contributed by atoms with E-state index in [1.165, 1.54) is 6.92 Å². The molecule has 2 heterocycles. The fourth-order valence-corrected chi connectivity index (χ4v) is 2.75. The highest BCUT2D eigenvalue weighted by atomic mass is 16.7. The maximum atomic E-state index is 13.1. The number of carbonyl (C=O) groups excluding carboxylic acids is 4. The number of Topliss-reactive ketones (excluding diaryl/α,β-unsaturated/α-hetero) is 1. The molecule has 0 aliphatic carbocycles. The third-order valence-electron chi connectivity index (χ3n) is 4.10. The molecule has 0 saturated carbocycles. The number of nitrogens with zero attached hydrogens (tertiary/aromatic N) is 4. The van der Waals surface area contributed by atoms with Crippen molar-refractivity contribution in [2.45, 2.75) is 92.1 Å². The molecule has 0 spiro atoms. The van der Waals surface area contributed by atoms with Gasteiger partial charge in [0.25, 0.3) is 5.88 Å². The van der Waals surface area contributed by atoms with Gasteiger partial charge in [-0.05, 0) is 69.2 Å². The number of aromatic nitrogens is 2. The number of ether oxygens (including phenoxy) is 4. The van der Waals surface area contributed by atoms with E-state index in [1.54, 1.807) is 62.3 Å². The highest BCUT2D eigenvalue weighted by molar-refractivity contribution is 6.43. The van der Waals surface area contributed by atoms with Gasteiger partial charge < -0.3 is 29.4 Å². The van der Waals surface area contributed by atoms with Gasteiger partial charge in [0.2, 0.25) is 11.7 Å². The molecule has 14 heteroatoms. The summed E-state index contributed by atoms with van der Waals surface area (Å²) in [5, 5.41) is 12.5. The Hall–Kier alpha value is -3.81. The van der Waals surface area contributed by atoms with E-state index >= 15 is 0 Å². The van der Waals surface area contributed by atoms with Gasteiger partial charge in [-0.1, -0.05) is 0 Å². The maximum Gasteiger partial charge on any atom is 0.515 e. The summed E-state index contributed by atoms with van der Waals surface area (Å²) in [6, 6.07) is 0. The third-order valence-corrected chi connectivity index (χ3v) is 4.10. The van der Waals surface area contributed by atoms with Gasteiger partial charge >= 0.3 is 18.3 Å². The van der Waals surface area contributed by atoms with Crippen LogP contribution in [-0.4, -0.2) is 74.4 Å². The zero-order valence-electron chi connectivity index (χ0n) is 23.3. The first-order valence-corrected chi connectivity index (χ1v) is 11.8. The molecule has 0 unspecified atom stereocenters. The highest BCUT2D eigenvalue weighted by Gasteiger charge is 2.37. The summed E-state index contributed by atoms with van der Waals surface area (Å²) in [6.45, 7) is 15.5. The number of anilines is 2. The van der Waals surface area contributed by atoms with Crippen molar-refractivity contribution >= 4 is 47.3 Å². The van der Waals surface area contributed by atoms with Crippen LogP contribution in [0.3, 0.4) is 0 Å². The summed E-state index contributed by atoms with van der Waals surface area (Å²) < 4.78 is 21.1. The fraction of sp³-hybridized carbons (Fsp3) is 0.625. The van der Waals surface area contributed by atoms with E-state index in [9.17, 15) is 24.3 Å². The standard InChI is InChI=1S/C24H35N5O9/c1-12(30)15(31)13-11-25-16-14(26-13)17(35-21(34)38-24(8,9)10)28-18(27-16)29(19(32)36-22(2,3)4)20(33)37-23(5,6)7/h12,30H,11H2,1-10H3,(H,25,27,28)/t12-/m0/s1. The second kappa shape index (κ2) is 10.9. The molecule has 0 saturated heterocycles. The molecule has 2 N–H and O–H groups in total. The summed E-state index contributed by atoms with van der Waals surface area (Å²) in [6.07, 6.45) is -4.82. The van der Waals surface area contributed by atoms with Crippen LogP contribution in [-0.2, 0) is 19.0 Å². The topological polar surface area (TPSA) is 179 Å². The lowest BCUT2D eigenvalue weighted by Crippen LogP contribution is -2.44. The molecule has 1 aliphatic heterocycles. The number of rotatable bonds is 4. The summed E-state index contributed by atoms with van der Waals surface area (Å²) in [4.78, 5) is 63.8. The van der Waals surface area contributed by atoms with Gasteiger partial charge in [-0.25, -0.2) is 19.4 Å². The Morgan fingerprint density at radius 3 is 1.82 bits per heavy atom. The molecule has 1 aromatic rings. The second-order valence-electron chi connectivity index (χ2n) is 11.3. The first-order valence-electron chi connectivity index (χ1n) is 11.8. The molecule has 0 fully saturated rings. The number of hydrogen-bond acceptors (Lipinski definition) is 13. The molecule has 1 atom stereocenters. The van der Waals surface area contributed by atoms with Crippen molar-refractivity contribution in [3.63, 3.8) is 0 Å². The average Bonchev–Trinajstić information content (AvgIpc) is 2.68. The quantitative estimate of drug-likeness (QED) is 0.418. The van der Waals surface area contributed by atoms with Crippen LogP contribution >= 0.6 is 0 Å². The normalized spacial score (nSPS) is 14.2. The molecule has 2 rings (SSSR count). The largest absolute Gasteiger partial charge is 0.515 e. The lowest BCUT2D eigenvalue weighted by molar-refractivity contribution is -0.119. The van der Waals surface area contributed by atoms with Crippen LogP contribution < -0.4 is 15.0 Å². The minimum absolute atomic E-state index is 0.0761. The predicted molar refractivity (Wildman–Crippen MR) is 136 cm³/mol. The summed E-state index contributed by atoms with van der Waals surface area (Å²) in [5.41, 5.74) is -3.21. The molecule has 1 aliphatic rings. The molecular formula is C24H35N5O9. The van der Waals surface area contributed by atoms with Crippen molar-refractivity contribution in [3.8, 4) is 5.88 Å². The van der Waals surface area contributed by atoms with Crippen molar-refractivity contribution in [1.29, 1.82) is 0 Å². The molecule has 14 nitrogen and oxygen atoms in total. The van der Waals surface area contributed by atoms with E-state index in [1.807, 2.05) is 0 Å². The highest BCUT2D eigenvalue weighted by Crippen LogP contribution is 2.38. The van der Waals surface area contributed by atoms with Crippen LogP contribution in [0.2, 0.25) is 0 Å². The first-order chi connectivity index (χ1) is 17.2. The van der Waals surface area contributed by atoms with Gasteiger partial charge in [-0.3, -0.25) is 4.79 Å². The van der Waals surface area contributed by atoms with E-state index in [4.69, 9.17) is 18.9 Å². The molecule has 38 heavy (non-hydrogen) atoms. The fourth-order valence-electron chi connectivity index (χ4n) is 2.75. The van der Waals surface area contributed by atoms with E-state index in [2.05, 4.69) is 20.3 Å². The Morgan fingerprint density at radius 2 is 1.37 bits per heavy atom. The van der Waals surface area contributed by atoms with Crippen LogP contribution in [0.4, 0.5) is 31.8 Å². The zero-order chi connectivity index (χ0) is 29.2. The maximum absolute atomic E-state index is 13.1. The SMILES string of the molecule is C[C@H](O)C(=O)C1=Nc2c(nc(N(C(=O)OC(C)(C)C)C(=O)OC(C)(C)C)nc2OC(=O)OC(C)(C)C)NC1. The third kappa shape index (κ3) is 8.64. The summed E-state index contributed by atoms with van der Waals surface area (Å²) >= 11 is 0. The number of aliphatic hydroxyl groups is 1. The predicted octanol–water partition coefficient (Wildman–Crippen LogP) is 3.92. The summed E-state index contributed by atoms with van der Waals surface area (Å²) in [5.74, 6) is -1.84. The molecule has 0 aromatic carbocycles. The second-order valence-corrected chi connectivity index (χ2v) is 11.3. The molecule has 1 aromatic heterocycles. The number of hydrogen-bond donors (Lipinski definition) is 2. The van der Waals surface area contributed by atoms with Crippen LogP contribution in [0, 0.1) is 0 Å². The van der Waals surface area contributed by atoms with Crippen molar-refractivity contribution in [1.82, 2.24) is 9.97 Å². The van der Waals surface area contributed by atoms with Gasteiger partial charge in [0.05, 0.1) is 6.54 Å². The number of fused-ring (bicyclic) bond motifs is 1. The summed E-state index contributed by atoms with van der Waals surface area (Å²) in [7, 11) is 0. The van der Waals surface area contributed by atoms with Crippen LogP contribution in [0.25, 0.3) is 0 Å². The Balaban J connectivity index is 2.70. The Morgan fingerprint density at radius 1 is 0.868 bits per heavy atom. The number of aliphatic hydroxyl groups excluding tert-OH is 1. The minimum Gasteiger partial charge on any atom is -0.443 e. The number of amides is 2. The molecule has 0 bridgehead atoms. The number of nitrogens with one attached hydrogen (secondary N) is 1. The van der Waals surface area contributed by atoms with Crippen molar-refractivity contribution in [2.24, 2.45) is 4.99 Å². The van der Waals surface area contributed by atoms with Crippen LogP contribution in [0.5, 0.6) is 5.88 Å². The Bertz CT molecular complexity index is 1110. The Labute approximate surface area is 220 Å². The van der Waals surface area contributed by atoms with E-state index in [0.29, 0.717) is 4.90 Å². The van der Waals surface area contributed by atoms with Gasteiger partial charge in [0, 0.05) is 0 Å². The number of imide groups is 1. The van der Waals surface area contributed by atoms with E-state index in [0.717, 1.165) is 0 Å². The van der Waals surface area contributed by atoms with Crippen molar-refractivity contribution in [2.75, 3.05) is 16.8 Å². The first kappa shape index (κ1) is 30.4. The van der Waals surface area contributed by atoms with E-state index in [-0.39, 0.29) is 23.8 Å². The minimum atomic E-state index is -1.35. The van der Waals surface area contributed by atoms with Gasteiger partial charge in [0.1, 0.15) is 28.6 Å². The monoisotopic (exact) mass is 537 g/mol. The molecule has 0 radical (unpaired) electrons. The number of ketones is 1. The molecular weight excluding hydrogens is 502 g/mol. The molecule has 210 valence electrons. The van der Waals surface area contributed by atoms with Crippen molar-refractivity contribution in [3.05, 3.63) is 0 Å². The lowest BCUT2D eigenvalue weighted by atomic mass is 10.1. The smallest absolute Gasteiger partial charge is 0.443 e. The lowest BCUT2D eigenvalue weighted by Gasteiger charge is -2.28.